The molecule has 2 rings (SSSR count). The van der Waals surface area contributed by atoms with Gasteiger partial charge in [-0.3, -0.25) is 4.21 Å². The molecule has 1 aromatic carbocycles. The molecule has 0 saturated carbocycles. The Hall–Kier alpha value is -2.58. The average molecular weight is 323 g/mol. The van der Waals surface area contributed by atoms with Gasteiger partial charge in [0.05, 0.1) is 33.5 Å². The first-order valence-corrected chi connectivity index (χ1v) is 8.64. The fraction of sp³-hybridized carbons (Fsp3) is 0.167. The van der Waals surface area contributed by atoms with Gasteiger partial charge in [0.1, 0.15) is 11.8 Å². The molecule has 0 aliphatic carbocycles. The van der Waals surface area contributed by atoms with E-state index in [9.17, 15) is 4.21 Å². The highest BCUT2D eigenvalue weighted by molar-refractivity contribution is 7.84. The molecule has 0 aliphatic rings. The quantitative estimate of drug-likeness (QED) is 0.788. The van der Waals surface area contributed by atoms with E-state index in [1.54, 1.807) is 12.3 Å². The molecular formula is C18H17N3OS. The van der Waals surface area contributed by atoms with Crippen LogP contribution in [-0.2, 0) is 17.2 Å². The first-order valence-electron chi connectivity index (χ1n) is 7.09. The van der Waals surface area contributed by atoms with Crippen molar-refractivity contribution >= 4 is 22.4 Å². The number of benzene rings is 1. The van der Waals surface area contributed by atoms with Gasteiger partial charge in [-0.05, 0) is 18.6 Å². The topological polar surface area (TPSA) is 66.6 Å². The summed E-state index contributed by atoms with van der Waals surface area (Å²) in [5.74, 6) is 0. The lowest BCUT2D eigenvalue weighted by atomic mass is 10.1. The minimum Gasteiger partial charge on any atom is -0.255 e. The lowest BCUT2D eigenvalue weighted by molar-refractivity contribution is 0.687. The molecule has 1 atom stereocenters. The van der Waals surface area contributed by atoms with E-state index in [-0.39, 0.29) is 5.57 Å². The molecule has 4 nitrogen and oxygen atoms in total. The minimum absolute atomic E-state index is 0.228. The van der Waals surface area contributed by atoms with Gasteiger partial charge in [0.25, 0.3) is 0 Å². The second-order valence-electron chi connectivity index (χ2n) is 4.85. The highest BCUT2D eigenvalue weighted by Crippen LogP contribution is 2.29. The Labute approximate surface area is 138 Å². The Morgan fingerprint density at radius 2 is 2.09 bits per heavy atom. The molecule has 2 aromatic rings. The van der Waals surface area contributed by atoms with Crippen molar-refractivity contribution in [3.8, 4) is 17.3 Å². The van der Waals surface area contributed by atoms with E-state index in [2.05, 4.69) is 23.1 Å². The van der Waals surface area contributed by atoms with E-state index >= 15 is 0 Å². The van der Waals surface area contributed by atoms with Crippen LogP contribution in [0, 0.1) is 11.3 Å². The molecule has 0 saturated heterocycles. The fourth-order valence-corrected chi connectivity index (χ4v) is 3.02. The summed E-state index contributed by atoms with van der Waals surface area (Å²) in [5.41, 5.74) is 3.34. The summed E-state index contributed by atoms with van der Waals surface area (Å²) in [5, 5.41) is 9.14. The van der Waals surface area contributed by atoms with Gasteiger partial charge in [-0.25, -0.2) is 9.97 Å². The van der Waals surface area contributed by atoms with E-state index < -0.39 is 10.8 Å². The van der Waals surface area contributed by atoms with Gasteiger partial charge in [-0.15, -0.1) is 0 Å². The van der Waals surface area contributed by atoms with Crippen molar-refractivity contribution in [1.29, 1.82) is 5.26 Å². The highest BCUT2D eigenvalue weighted by Gasteiger charge is 2.17. The smallest absolute Gasteiger partial charge is 0.107 e. The van der Waals surface area contributed by atoms with Gasteiger partial charge in [-0.1, -0.05) is 38.3 Å². The van der Waals surface area contributed by atoms with E-state index in [1.165, 1.54) is 0 Å². The summed E-state index contributed by atoms with van der Waals surface area (Å²) in [4.78, 5) is 9.86. The molecule has 1 unspecified atom stereocenters. The molecule has 0 aliphatic heterocycles. The predicted octanol–water partition coefficient (Wildman–Crippen LogP) is 3.62. The molecule has 0 spiro atoms. The van der Waals surface area contributed by atoms with E-state index in [0.29, 0.717) is 28.4 Å². The fourth-order valence-electron chi connectivity index (χ4n) is 2.28. The van der Waals surface area contributed by atoms with Crippen molar-refractivity contribution < 1.29 is 4.21 Å². The summed E-state index contributed by atoms with van der Waals surface area (Å²) in [6, 6.07) is 9.39. The lowest BCUT2D eigenvalue weighted by Crippen LogP contribution is -2.05. The van der Waals surface area contributed by atoms with E-state index in [1.807, 2.05) is 37.3 Å². The van der Waals surface area contributed by atoms with Crippen molar-refractivity contribution in [2.75, 3.05) is 6.26 Å². The molecule has 0 fully saturated rings. The van der Waals surface area contributed by atoms with Crippen molar-refractivity contribution in [1.82, 2.24) is 9.97 Å². The summed E-state index contributed by atoms with van der Waals surface area (Å²) in [7, 11) is -1.15. The number of allylic oxidation sites excluding steroid dienone is 1. The first kappa shape index (κ1) is 16.8. The molecule has 5 heteroatoms. The normalized spacial score (nSPS) is 11.5. The number of rotatable bonds is 5. The standard InChI is InChI=1S/C18H17N3OS/c1-5-14-17(12(3)11-19)21-18(15(6-2)20-14)13-9-7-8-10-16(13)23(4)22/h5,7-10H,1,3,6H2,2,4H3. The van der Waals surface area contributed by atoms with Gasteiger partial charge in [0, 0.05) is 16.7 Å². The van der Waals surface area contributed by atoms with Crippen LogP contribution in [0.3, 0.4) is 0 Å². The third-order valence-corrected chi connectivity index (χ3v) is 4.37. The van der Waals surface area contributed by atoms with Crippen LogP contribution in [0.2, 0.25) is 0 Å². The van der Waals surface area contributed by atoms with Gasteiger partial charge >= 0.3 is 0 Å². The summed E-state index contributed by atoms with van der Waals surface area (Å²) < 4.78 is 12.0. The maximum Gasteiger partial charge on any atom is 0.107 e. The second kappa shape index (κ2) is 7.12. The zero-order valence-electron chi connectivity index (χ0n) is 13.2. The van der Waals surface area contributed by atoms with Crippen LogP contribution < -0.4 is 0 Å². The maximum absolute atomic E-state index is 12.0. The first-order chi connectivity index (χ1) is 11.0. The molecule has 1 aromatic heterocycles. The molecule has 23 heavy (non-hydrogen) atoms. The maximum atomic E-state index is 12.0. The Morgan fingerprint density at radius 1 is 1.39 bits per heavy atom. The third kappa shape index (κ3) is 3.27. The molecular weight excluding hydrogens is 306 g/mol. The Morgan fingerprint density at radius 3 is 2.65 bits per heavy atom. The summed E-state index contributed by atoms with van der Waals surface area (Å²) in [6.45, 7) is 9.44. The van der Waals surface area contributed by atoms with Crippen LogP contribution in [-0.4, -0.2) is 20.4 Å². The van der Waals surface area contributed by atoms with Crippen LogP contribution in [0.25, 0.3) is 22.9 Å². The van der Waals surface area contributed by atoms with Crippen LogP contribution in [0.1, 0.15) is 24.0 Å². The Bertz CT molecular complexity index is 850. The van der Waals surface area contributed by atoms with Crippen molar-refractivity contribution in [3.05, 3.63) is 54.5 Å². The lowest BCUT2D eigenvalue weighted by Gasteiger charge is -2.13. The zero-order valence-corrected chi connectivity index (χ0v) is 14.0. The van der Waals surface area contributed by atoms with Crippen LogP contribution in [0.5, 0.6) is 0 Å². The predicted molar refractivity (Wildman–Crippen MR) is 93.9 cm³/mol. The van der Waals surface area contributed by atoms with Gasteiger partial charge < -0.3 is 0 Å². The Balaban J connectivity index is 2.82. The van der Waals surface area contributed by atoms with Crippen LogP contribution in [0.15, 0.2) is 42.3 Å². The highest BCUT2D eigenvalue weighted by atomic mass is 32.2. The summed E-state index contributed by atoms with van der Waals surface area (Å²) >= 11 is 0. The molecule has 0 bridgehead atoms. The number of nitriles is 1. The Kier molecular flexibility index (Phi) is 5.20. The number of aromatic nitrogens is 2. The van der Waals surface area contributed by atoms with E-state index in [0.717, 1.165) is 11.3 Å². The van der Waals surface area contributed by atoms with Crippen molar-refractivity contribution in [2.45, 2.75) is 18.2 Å². The number of hydrogen-bond donors (Lipinski definition) is 0. The molecule has 0 N–H and O–H groups in total. The minimum atomic E-state index is -1.15. The number of nitrogens with zero attached hydrogens (tertiary/aromatic N) is 3. The average Bonchev–Trinajstić information content (AvgIpc) is 2.59. The zero-order chi connectivity index (χ0) is 17.0. The molecule has 0 radical (unpaired) electrons. The van der Waals surface area contributed by atoms with Gasteiger partial charge in [0.2, 0.25) is 0 Å². The third-order valence-electron chi connectivity index (χ3n) is 3.40. The molecule has 116 valence electrons. The van der Waals surface area contributed by atoms with Crippen LogP contribution >= 0.6 is 0 Å². The molecule has 1 heterocycles. The molecule has 0 amide bonds. The SMILES string of the molecule is C=Cc1nc(CC)c(-c2ccccc2S(C)=O)nc1C(=C)C#N. The van der Waals surface area contributed by atoms with Crippen LogP contribution in [0.4, 0.5) is 0 Å². The van der Waals surface area contributed by atoms with Crippen molar-refractivity contribution in [2.24, 2.45) is 0 Å². The number of hydrogen-bond acceptors (Lipinski definition) is 4. The van der Waals surface area contributed by atoms with Crippen molar-refractivity contribution in [3.63, 3.8) is 0 Å². The largest absolute Gasteiger partial charge is 0.255 e. The van der Waals surface area contributed by atoms with Gasteiger partial charge in [-0.2, -0.15) is 5.26 Å². The van der Waals surface area contributed by atoms with Gasteiger partial charge in [0.15, 0.2) is 0 Å². The monoisotopic (exact) mass is 323 g/mol. The van der Waals surface area contributed by atoms with E-state index in [4.69, 9.17) is 5.26 Å². The number of aryl methyl sites for hydroxylation is 1. The second-order valence-corrected chi connectivity index (χ2v) is 6.20. The summed E-state index contributed by atoms with van der Waals surface area (Å²) in [6.07, 6.45) is 3.86.